The van der Waals surface area contributed by atoms with E-state index < -0.39 is 0 Å². The first-order valence-electron chi connectivity index (χ1n) is 17.8. The van der Waals surface area contributed by atoms with E-state index in [9.17, 15) is 0 Å². The fourth-order valence-electron chi connectivity index (χ4n) is 6.66. The molecule has 0 radical (unpaired) electrons. The first-order chi connectivity index (χ1) is 24.3. The van der Waals surface area contributed by atoms with Crippen molar-refractivity contribution in [3.05, 3.63) is 124 Å². The molecular weight excluding hydrogens is 707 g/mol. The van der Waals surface area contributed by atoms with E-state index in [-0.39, 0.29) is 25.7 Å². The molecule has 0 saturated carbocycles. The van der Waals surface area contributed by atoms with Gasteiger partial charge in [-0.25, -0.2) is 0 Å². The molecule has 4 heterocycles. The fourth-order valence-corrected chi connectivity index (χ4v) is 7.04. The van der Waals surface area contributed by atoms with E-state index in [1.807, 2.05) is 18.5 Å². The summed E-state index contributed by atoms with van der Waals surface area (Å²) in [6.45, 7) is 18.8. The van der Waals surface area contributed by atoms with Crippen LogP contribution in [-0.2, 0) is 14.0 Å². The van der Waals surface area contributed by atoms with Gasteiger partial charge in [-0.2, -0.15) is 0 Å². The van der Waals surface area contributed by atoms with Crippen molar-refractivity contribution in [3.63, 3.8) is 0 Å². The molecule has 0 atom stereocenters. The highest BCUT2D eigenvalue weighted by Crippen LogP contribution is 2.37. The van der Waals surface area contributed by atoms with Crippen LogP contribution in [0.3, 0.4) is 0 Å². The van der Waals surface area contributed by atoms with Crippen molar-refractivity contribution in [1.82, 2.24) is 9.97 Å². The van der Waals surface area contributed by atoms with Gasteiger partial charge < -0.3 is 14.0 Å². The minimum absolute atomic E-state index is 0. The normalized spacial score (nSPS) is 15.8. The average molecular weight is 760 g/mol. The molecule has 0 N–H and O–H groups in total. The lowest BCUT2D eigenvalue weighted by molar-refractivity contribution is 0.00578. The smallest absolute Gasteiger partial charge is 0.399 e. The highest BCUT2D eigenvalue weighted by Gasteiger charge is 2.51. The number of hydrogen-bond acceptors (Lipinski definition) is 5. The van der Waals surface area contributed by atoms with Gasteiger partial charge in [-0.05, 0) is 133 Å². The Balaban J connectivity index is 0.000000181. The summed E-state index contributed by atoms with van der Waals surface area (Å²) in [4.78, 5) is 9.24. The van der Waals surface area contributed by atoms with Crippen LogP contribution in [0.15, 0.2) is 102 Å². The topological polar surface area (TPSA) is 53.5 Å². The summed E-state index contributed by atoms with van der Waals surface area (Å²) in [5, 5.41) is 4.68. The summed E-state index contributed by atoms with van der Waals surface area (Å²) in [7, 11) is -0.350. The number of pyridine rings is 2. The molecule has 8 rings (SSSR count). The molecule has 0 aliphatic carbocycles. The first-order valence-corrected chi connectivity index (χ1v) is 18.6. The number of benzene rings is 4. The standard InChI is InChI=1S/C23H26BNO2.C17H14BrN.C4H8O.CH4/c1-15-11-16(2)13-18(12-15)21-20-8-7-19(14-17(20)9-10-25-21)24-26-22(3,4)23(5,6)27-24;1-11-7-12(2)9-14(8-11)17-16-4-3-15(18)10-13(16)5-6-19-17;1-2-4-5-3-1;/h7-14H,1-6H3;3-10H,1-2H3;1-4H2;1H4. The van der Waals surface area contributed by atoms with Crippen LogP contribution in [0, 0.1) is 27.7 Å². The lowest BCUT2D eigenvalue weighted by atomic mass is 9.78. The third kappa shape index (κ3) is 9.01. The highest BCUT2D eigenvalue weighted by molar-refractivity contribution is 9.10. The van der Waals surface area contributed by atoms with Crippen molar-refractivity contribution in [2.24, 2.45) is 0 Å². The van der Waals surface area contributed by atoms with E-state index in [1.165, 1.54) is 51.4 Å². The summed E-state index contributed by atoms with van der Waals surface area (Å²) in [5.74, 6) is 0. The molecule has 2 aliphatic heterocycles. The lowest BCUT2D eigenvalue weighted by Gasteiger charge is -2.32. The van der Waals surface area contributed by atoms with Crippen molar-refractivity contribution in [2.45, 2.75) is 86.9 Å². The Hall–Kier alpha value is -3.88. The third-order valence-electron chi connectivity index (χ3n) is 9.86. The van der Waals surface area contributed by atoms with E-state index in [4.69, 9.17) is 14.0 Å². The Kier molecular flexibility index (Phi) is 12.4. The predicted molar refractivity (Wildman–Crippen MR) is 224 cm³/mol. The summed E-state index contributed by atoms with van der Waals surface area (Å²) >= 11 is 3.52. The predicted octanol–water partition coefficient (Wildman–Crippen LogP) is 11.5. The van der Waals surface area contributed by atoms with Crippen LogP contribution in [0.2, 0.25) is 0 Å². The maximum Gasteiger partial charge on any atom is 0.494 e. The number of ether oxygens (including phenoxy) is 1. The van der Waals surface area contributed by atoms with Gasteiger partial charge in [0.1, 0.15) is 0 Å². The maximum atomic E-state index is 6.21. The maximum absolute atomic E-state index is 6.21. The number of hydrogen-bond donors (Lipinski definition) is 0. The van der Waals surface area contributed by atoms with Crippen molar-refractivity contribution in [3.8, 4) is 22.5 Å². The summed E-state index contributed by atoms with van der Waals surface area (Å²) in [6.07, 6.45) is 6.31. The highest BCUT2D eigenvalue weighted by atomic mass is 79.9. The monoisotopic (exact) mass is 758 g/mol. The average Bonchev–Trinajstić information content (AvgIpc) is 3.73. The number of fused-ring (bicyclic) bond motifs is 2. The van der Waals surface area contributed by atoms with E-state index >= 15 is 0 Å². The second kappa shape index (κ2) is 16.4. The number of halogens is 1. The second-order valence-electron chi connectivity index (χ2n) is 14.8. The molecule has 2 aliphatic rings. The molecule has 0 spiro atoms. The lowest BCUT2D eigenvalue weighted by Crippen LogP contribution is -2.41. The zero-order valence-electron chi connectivity index (χ0n) is 31.1. The van der Waals surface area contributed by atoms with Crippen molar-refractivity contribution in [2.75, 3.05) is 13.2 Å². The summed E-state index contributed by atoms with van der Waals surface area (Å²) < 4.78 is 18.5. The minimum atomic E-state index is -0.350. The summed E-state index contributed by atoms with van der Waals surface area (Å²) in [6, 6.07) is 29.9. The molecule has 52 heavy (non-hydrogen) atoms. The van der Waals surface area contributed by atoms with Crippen LogP contribution in [0.4, 0.5) is 0 Å². The molecule has 2 aromatic heterocycles. The largest absolute Gasteiger partial charge is 0.494 e. The molecule has 2 fully saturated rings. The van der Waals surface area contributed by atoms with Crippen LogP contribution in [0.25, 0.3) is 44.1 Å². The van der Waals surface area contributed by atoms with Crippen LogP contribution in [-0.4, -0.2) is 41.5 Å². The Bertz CT molecular complexity index is 2110. The number of aromatic nitrogens is 2. The van der Waals surface area contributed by atoms with E-state index in [1.54, 1.807) is 0 Å². The molecular formula is C45H52BBrN2O3. The molecule has 6 aromatic rings. The van der Waals surface area contributed by atoms with E-state index in [0.717, 1.165) is 50.9 Å². The molecule has 0 bridgehead atoms. The molecule has 0 amide bonds. The molecule has 4 aromatic carbocycles. The van der Waals surface area contributed by atoms with E-state index in [0.29, 0.717) is 0 Å². The molecule has 5 nitrogen and oxygen atoms in total. The third-order valence-corrected chi connectivity index (χ3v) is 10.4. The minimum Gasteiger partial charge on any atom is -0.399 e. The molecule has 2 saturated heterocycles. The van der Waals surface area contributed by atoms with Gasteiger partial charge in [-0.3, -0.25) is 9.97 Å². The van der Waals surface area contributed by atoms with Gasteiger partial charge in [0.05, 0.1) is 22.6 Å². The van der Waals surface area contributed by atoms with Gasteiger partial charge in [0.2, 0.25) is 0 Å². The quantitative estimate of drug-likeness (QED) is 0.168. The number of rotatable bonds is 3. The van der Waals surface area contributed by atoms with Crippen LogP contribution < -0.4 is 5.46 Å². The molecule has 0 unspecified atom stereocenters. The zero-order valence-corrected chi connectivity index (χ0v) is 32.7. The van der Waals surface area contributed by atoms with Gasteiger partial charge in [-0.15, -0.1) is 0 Å². The van der Waals surface area contributed by atoms with Crippen molar-refractivity contribution >= 4 is 50.1 Å². The SMILES string of the molecule is C.C1CCOC1.Cc1cc(C)cc(-c2nccc3cc(B4OC(C)(C)C(C)(C)O4)ccc23)c1.Cc1cc(C)cc(-c2nccc3cc(Br)ccc23)c1. The van der Waals surface area contributed by atoms with Crippen molar-refractivity contribution in [1.29, 1.82) is 0 Å². The fraction of sp³-hybridized carbons (Fsp3) is 0.333. The number of aryl methyl sites for hydroxylation is 4. The number of nitrogens with zero attached hydrogens (tertiary/aromatic N) is 2. The Labute approximate surface area is 319 Å². The summed E-state index contributed by atoms with van der Waals surface area (Å²) in [5.41, 5.74) is 9.80. The second-order valence-corrected chi connectivity index (χ2v) is 15.7. The van der Waals surface area contributed by atoms with Gasteiger partial charge in [0.25, 0.3) is 0 Å². The van der Waals surface area contributed by atoms with Gasteiger partial charge >= 0.3 is 7.12 Å². The van der Waals surface area contributed by atoms with Crippen LogP contribution in [0.1, 0.15) is 70.2 Å². The van der Waals surface area contributed by atoms with Gasteiger partial charge in [-0.1, -0.05) is 82.0 Å². The Morgan fingerprint density at radius 2 is 1.02 bits per heavy atom. The molecule has 270 valence electrons. The Morgan fingerprint density at radius 3 is 1.46 bits per heavy atom. The Morgan fingerprint density at radius 1 is 0.577 bits per heavy atom. The van der Waals surface area contributed by atoms with E-state index in [2.05, 4.69) is 160 Å². The van der Waals surface area contributed by atoms with Crippen molar-refractivity contribution < 1.29 is 14.0 Å². The molecule has 7 heteroatoms. The van der Waals surface area contributed by atoms with Gasteiger partial charge in [0.15, 0.2) is 0 Å². The van der Waals surface area contributed by atoms with Crippen LogP contribution >= 0.6 is 15.9 Å². The van der Waals surface area contributed by atoms with Crippen LogP contribution in [0.5, 0.6) is 0 Å². The zero-order chi connectivity index (χ0) is 36.3. The first kappa shape index (κ1) is 39.3. The van der Waals surface area contributed by atoms with Gasteiger partial charge in [0, 0.05) is 52.0 Å².